The van der Waals surface area contributed by atoms with E-state index in [4.69, 9.17) is 11.6 Å². The lowest BCUT2D eigenvalue weighted by Gasteiger charge is -2.46. The average Bonchev–Trinajstić information content (AvgIpc) is 2.88. The quantitative estimate of drug-likeness (QED) is 0.455. The first-order valence-electron chi connectivity index (χ1n) is 13.4. The number of carbonyl (C=O) groups excluding carboxylic acids is 1. The number of rotatable bonds is 8. The molecule has 35 heavy (non-hydrogen) atoms. The van der Waals surface area contributed by atoms with Crippen LogP contribution in [0.3, 0.4) is 0 Å². The summed E-state index contributed by atoms with van der Waals surface area (Å²) in [4.78, 5) is 18.1. The molecule has 0 bridgehead atoms. The molecule has 5 heteroatoms. The highest BCUT2D eigenvalue weighted by atomic mass is 35.5. The predicted molar refractivity (Wildman–Crippen MR) is 143 cm³/mol. The third-order valence-electron chi connectivity index (χ3n) is 8.45. The zero-order valence-electron chi connectivity index (χ0n) is 21.3. The molecular formula is C30H41ClN2O2. The summed E-state index contributed by atoms with van der Waals surface area (Å²) >= 11 is 6.47. The van der Waals surface area contributed by atoms with Gasteiger partial charge in [0.25, 0.3) is 0 Å². The first-order chi connectivity index (χ1) is 16.9. The highest BCUT2D eigenvalue weighted by Crippen LogP contribution is 2.40. The van der Waals surface area contributed by atoms with Crippen molar-refractivity contribution in [1.82, 2.24) is 9.80 Å². The Kier molecular flexibility index (Phi) is 8.91. The molecule has 4 rings (SSSR count). The van der Waals surface area contributed by atoms with Gasteiger partial charge in [-0.25, -0.2) is 0 Å². The Bertz CT molecular complexity index is 952. The molecule has 2 fully saturated rings. The van der Waals surface area contributed by atoms with Crippen LogP contribution in [-0.2, 0) is 11.3 Å². The summed E-state index contributed by atoms with van der Waals surface area (Å²) in [6.45, 7) is 4.29. The first kappa shape index (κ1) is 26.2. The number of piperidine rings is 1. The second-order valence-corrected chi connectivity index (χ2v) is 11.2. The molecule has 0 spiro atoms. The van der Waals surface area contributed by atoms with Gasteiger partial charge in [0.15, 0.2) is 0 Å². The predicted octanol–water partition coefficient (Wildman–Crippen LogP) is 6.47. The molecule has 190 valence electrons. The van der Waals surface area contributed by atoms with E-state index in [-0.39, 0.29) is 17.9 Å². The Labute approximate surface area is 216 Å². The largest absolute Gasteiger partial charge is 0.389 e. The van der Waals surface area contributed by atoms with Crippen molar-refractivity contribution in [2.45, 2.75) is 76.5 Å². The van der Waals surface area contributed by atoms with Crippen LogP contribution < -0.4 is 0 Å². The Balaban J connectivity index is 1.48. The zero-order valence-corrected chi connectivity index (χ0v) is 22.1. The van der Waals surface area contributed by atoms with Gasteiger partial charge in [-0.05, 0) is 49.3 Å². The third kappa shape index (κ3) is 6.47. The van der Waals surface area contributed by atoms with Gasteiger partial charge in [0.2, 0.25) is 5.91 Å². The minimum atomic E-state index is -0.962. The van der Waals surface area contributed by atoms with E-state index in [1.807, 2.05) is 48.3 Å². The van der Waals surface area contributed by atoms with Gasteiger partial charge in [0.1, 0.15) is 0 Å². The summed E-state index contributed by atoms with van der Waals surface area (Å²) < 4.78 is 0. The summed E-state index contributed by atoms with van der Waals surface area (Å²) in [5.41, 5.74) is 1.28. The molecule has 2 atom stereocenters. The van der Waals surface area contributed by atoms with Gasteiger partial charge in [-0.1, -0.05) is 92.2 Å². The minimum absolute atomic E-state index is 0.0922. The van der Waals surface area contributed by atoms with E-state index < -0.39 is 5.60 Å². The van der Waals surface area contributed by atoms with E-state index >= 15 is 0 Å². The van der Waals surface area contributed by atoms with Crippen molar-refractivity contribution in [2.75, 3.05) is 20.1 Å². The van der Waals surface area contributed by atoms with E-state index in [1.54, 1.807) is 0 Å². The maximum Gasteiger partial charge on any atom is 0.228 e. The van der Waals surface area contributed by atoms with Gasteiger partial charge >= 0.3 is 0 Å². The van der Waals surface area contributed by atoms with Crippen LogP contribution in [0.15, 0.2) is 54.6 Å². The molecule has 0 aromatic heterocycles. The Morgan fingerprint density at radius 1 is 1.06 bits per heavy atom. The highest BCUT2D eigenvalue weighted by Gasteiger charge is 2.46. The number of likely N-dealkylation sites (tertiary alicyclic amines) is 1. The average molecular weight is 497 g/mol. The van der Waals surface area contributed by atoms with E-state index in [9.17, 15) is 9.90 Å². The normalized spacial score (nSPS) is 20.8. The summed E-state index contributed by atoms with van der Waals surface area (Å²) in [5.74, 6) is 0.276. The summed E-state index contributed by atoms with van der Waals surface area (Å²) in [6.07, 6.45) is 8.17. The van der Waals surface area contributed by atoms with Crippen LogP contribution in [-0.4, -0.2) is 46.6 Å². The lowest BCUT2D eigenvalue weighted by molar-refractivity contribution is -0.151. The number of hydrogen-bond donors (Lipinski definition) is 1. The molecule has 1 N–H and O–H groups in total. The number of nitrogens with zero attached hydrogens (tertiary/aromatic N) is 2. The van der Waals surface area contributed by atoms with E-state index in [1.165, 1.54) is 32.1 Å². The fraction of sp³-hybridized carbons (Fsp3) is 0.567. The van der Waals surface area contributed by atoms with Crippen molar-refractivity contribution in [3.05, 3.63) is 70.7 Å². The van der Waals surface area contributed by atoms with Crippen molar-refractivity contribution in [3.63, 3.8) is 0 Å². The number of amides is 1. The monoisotopic (exact) mass is 496 g/mol. The number of carbonyl (C=O) groups is 1. The molecule has 2 unspecified atom stereocenters. The van der Waals surface area contributed by atoms with Crippen LogP contribution in [0.2, 0.25) is 5.02 Å². The van der Waals surface area contributed by atoms with Crippen LogP contribution in [0.5, 0.6) is 0 Å². The third-order valence-corrected chi connectivity index (χ3v) is 8.79. The van der Waals surface area contributed by atoms with E-state index in [2.05, 4.69) is 30.0 Å². The van der Waals surface area contributed by atoms with Gasteiger partial charge < -0.3 is 10.0 Å². The maximum atomic E-state index is 13.8. The number of halogens is 1. The SMILES string of the molecule is CC(c1ccccc1Cl)N1CCC(O)(C(CC2CCCCC2)C(=O)N(C)Cc2ccccc2)CC1. The van der Waals surface area contributed by atoms with Crippen molar-refractivity contribution >= 4 is 17.5 Å². The van der Waals surface area contributed by atoms with Gasteiger partial charge in [-0.2, -0.15) is 0 Å². The fourth-order valence-corrected chi connectivity index (χ4v) is 6.46. The summed E-state index contributed by atoms with van der Waals surface area (Å²) in [7, 11) is 1.89. The van der Waals surface area contributed by atoms with Crippen LogP contribution in [0.4, 0.5) is 0 Å². The molecule has 2 aromatic carbocycles. The fourth-order valence-electron chi connectivity index (χ4n) is 6.17. The zero-order chi connectivity index (χ0) is 24.8. The van der Waals surface area contributed by atoms with Crippen LogP contribution in [0.25, 0.3) is 0 Å². The van der Waals surface area contributed by atoms with Crippen LogP contribution in [0, 0.1) is 11.8 Å². The maximum absolute atomic E-state index is 13.8. The minimum Gasteiger partial charge on any atom is -0.389 e. The first-order valence-corrected chi connectivity index (χ1v) is 13.7. The Morgan fingerprint density at radius 2 is 1.69 bits per heavy atom. The molecule has 2 aromatic rings. The lowest BCUT2D eigenvalue weighted by atomic mass is 9.72. The molecule has 1 saturated carbocycles. The lowest BCUT2D eigenvalue weighted by Crippen LogP contribution is -2.54. The van der Waals surface area contributed by atoms with Gasteiger partial charge in [-0.3, -0.25) is 9.69 Å². The topological polar surface area (TPSA) is 43.8 Å². The van der Waals surface area contributed by atoms with Gasteiger partial charge in [0, 0.05) is 37.7 Å². The van der Waals surface area contributed by atoms with Crippen molar-refractivity contribution in [1.29, 1.82) is 0 Å². The summed E-state index contributed by atoms with van der Waals surface area (Å²) in [5, 5.41) is 12.8. The molecule has 0 radical (unpaired) electrons. The number of aliphatic hydroxyl groups is 1. The second-order valence-electron chi connectivity index (χ2n) is 10.8. The molecule has 1 amide bonds. The number of hydrogen-bond acceptors (Lipinski definition) is 3. The molecule has 1 heterocycles. The van der Waals surface area contributed by atoms with E-state index in [0.29, 0.717) is 25.3 Å². The standard InChI is InChI=1S/C30H41ClN2O2/c1-23(26-15-9-10-16-28(26)31)33-19-17-30(35,18-20-33)27(21-24-11-5-3-6-12-24)29(34)32(2)22-25-13-7-4-8-14-25/h4,7-10,13-16,23-24,27,35H,3,5-6,11-12,17-22H2,1-2H3. The van der Waals surface area contributed by atoms with Crippen molar-refractivity contribution in [2.24, 2.45) is 11.8 Å². The smallest absolute Gasteiger partial charge is 0.228 e. The molecule has 1 aliphatic carbocycles. The van der Waals surface area contributed by atoms with Crippen molar-refractivity contribution in [3.8, 4) is 0 Å². The van der Waals surface area contributed by atoms with Crippen LogP contribution >= 0.6 is 11.6 Å². The molecule has 4 nitrogen and oxygen atoms in total. The molecule has 1 saturated heterocycles. The van der Waals surface area contributed by atoms with Gasteiger partial charge in [-0.15, -0.1) is 0 Å². The summed E-state index contributed by atoms with van der Waals surface area (Å²) in [6, 6.07) is 18.3. The highest BCUT2D eigenvalue weighted by molar-refractivity contribution is 6.31. The Hall–Kier alpha value is -1.88. The Morgan fingerprint density at radius 3 is 2.34 bits per heavy atom. The molecule has 1 aliphatic heterocycles. The van der Waals surface area contributed by atoms with Gasteiger partial charge in [0.05, 0.1) is 11.5 Å². The number of benzene rings is 2. The van der Waals surface area contributed by atoms with E-state index in [0.717, 1.165) is 35.7 Å². The molecule has 2 aliphatic rings. The second kappa shape index (κ2) is 11.9. The molecular weight excluding hydrogens is 456 g/mol. The van der Waals surface area contributed by atoms with Crippen LogP contribution in [0.1, 0.15) is 75.5 Å². The van der Waals surface area contributed by atoms with Crippen molar-refractivity contribution < 1.29 is 9.90 Å².